The molecular weight excluding hydrogens is 196 g/mol. The second kappa shape index (κ2) is 3.87. The molecule has 3 atom stereocenters. The predicted octanol–water partition coefficient (Wildman–Crippen LogP) is 3.92. The number of hydrogen-bond acceptors (Lipinski definition) is 1. The van der Waals surface area contributed by atoms with Gasteiger partial charge in [-0.15, -0.1) is 0 Å². The monoisotopic (exact) mass is 222 g/mol. The first-order chi connectivity index (χ1) is 7.33. The first-order valence-electron chi connectivity index (χ1n) is 6.73. The lowest BCUT2D eigenvalue weighted by Gasteiger charge is -2.50. The van der Waals surface area contributed by atoms with Crippen molar-refractivity contribution < 1.29 is 5.11 Å². The summed E-state index contributed by atoms with van der Waals surface area (Å²) in [5, 5.41) is 10.2. The molecule has 1 N–H and O–H groups in total. The number of allylic oxidation sites excluding steroid dienone is 1. The van der Waals surface area contributed by atoms with Crippen LogP contribution in [0.4, 0.5) is 0 Å². The van der Waals surface area contributed by atoms with E-state index in [4.69, 9.17) is 0 Å². The van der Waals surface area contributed by atoms with E-state index >= 15 is 0 Å². The Balaban J connectivity index is 2.15. The number of hydrogen-bond donors (Lipinski definition) is 1. The molecule has 2 aliphatic carbocycles. The van der Waals surface area contributed by atoms with E-state index in [1.54, 1.807) is 0 Å². The minimum absolute atomic E-state index is 0.459. The van der Waals surface area contributed by atoms with Gasteiger partial charge < -0.3 is 5.11 Å². The second-order valence-corrected chi connectivity index (χ2v) is 6.84. The number of aliphatic hydroxyl groups is 1. The molecule has 2 saturated carbocycles. The van der Waals surface area contributed by atoms with Gasteiger partial charge in [-0.1, -0.05) is 19.1 Å². The smallest absolute Gasteiger partial charge is 0.0620 e. The van der Waals surface area contributed by atoms with Crippen molar-refractivity contribution in [1.29, 1.82) is 0 Å². The molecule has 1 nitrogen and oxygen atoms in total. The molecule has 2 aliphatic rings. The number of fused-ring (bicyclic) bond motifs is 1. The quantitative estimate of drug-likeness (QED) is 0.667. The van der Waals surface area contributed by atoms with Crippen molar-refractivity contribution in [1.82, 2.24) is 0 Å². The minimum Gasteiger partial charge on any atom is -0.390 e. The lowest BCUT2D eigenvalue weighted by atomic mass is 9.55. The van der Waals surface area contributed by atoms with E-state index < -0.39 is 5.60 Å². The van der Waals surface area contributed by atoms with Crippen LogP contribution in [-0.4, -0.2) is 10.7 Å². The molecule has 1 heteroatoms. The summed E-state index contributed by atoms with van der Waals surface area (Å²) < 4.78 is 0. The Bertz CT molecular complexity index is 286. The van der Waals surface area contributed by atoms with Crippen LogP contribution >= 0.6 is 0 Å². The van der Waals surface area contributed by atoms with Gasteiger partial charge in [-0.3, -0.25) is 0 Å². The zero-order valence-electron chi connectivity index (χ0n) is 11.1. The van der Waals surface area contributed by atoms with Gasteiger partial charge in [0.2, 0.25) is 0 Å². The maximum Gasteiger partial charge on any atom is 0.0620 e. The fourth-order valence-electron chi connectivity index (χ4n) is 3.86. The first-order valence-corrected chi connectivity index (χ1v) is 6.73. The molecule has 2 rings (SSSR count). The van der Waals surface area contributed by atoms with Crippen LogP contribution in [0.15, 0.2) is 12.2 Å². The highest BCUT2D eigenvalue weighted by Gasteiger charge is 2.45. The maximum absolute atomic E-state index is 10.2. The Morgan fingerprint density at radius 2 is 2.06 bits per heavy atom. The molecule has 0 aliphatic heterocycles. The van der Waals surface area contributed by atoms with E-state index in [-0.39, 0.29) is 0 Å². The van der Waals surface area contributed by atoms with Gasteiger partial charge in [-0.25, -0.2) is 0 Å². The van der Waals surface area contributed by atoms with Gasteiger partial charge >= 0.3 is 0 Å². The van der Waals surface area contributed by atoms with Gasteiger partial charge in [0.05, 0.1) is 5.60 Å². The molecule has 2 fully saturated rings. The summed E-state index contributed by atoms with van der Waals surface area (Å²) in [7, 11) is 0. The van der Waals surface area contributed by atoms with Crippen LogP contribution in [0.25, 0.3) is 0 Å². The molecule has 0 heterocycles. The lowest BCUT2D eigenvalue weighted by molar-refractivity contribution is -0.0406. The highest BCUT2D eigenvalue weighted by atomic mass is 16.3. The van der Waals surface area contributed by atoms with E-state index in [1.807, 2.05) is 13.8 Å². The van der Waals surface area contributed by atoms with Crippen LogP contribution in [0, 0.1) is 17.3 Å². The summed E-state index contributed by atoms with van der Waals surface area (Å²) in [4.78, 5) is 0. The van der Waals surface area contributed by atoms with Gasteiger partial charge in [0.25, 0.3) is 0 Å². The van der Waals surface area contributed by atoms with Crippen LogP contribution in [0.5, 0.6) is 0 Å². The summed E-state index contributed by atoms with van der Waals surface area (Å²) >= 11 is 0. The third-order valence-corrected chi connectivity index (χ3v) is 5.16. The van der Waals surface area contributed by atoms with Crippen molar-refractivity contribution in [2.45, 2.75) is 64.9 Å². The summed E-state index contributed by atoms with van der Waals surface area (Å²) in [5.41, 5.74) is 1.42. The maximum atomic E-state index is 10.2. The van der Waals surface area contributed by atoms with E-state index in [0.29, 0.717) is 17.3 Å². The van der Waals surface area contributed by atoms with Crippen molar-refractivity contribution in [2.24, 2.45) is 17.3 Å². The lowest BCUT2D eigenvalue weighted by Crippen LogP contribution is -2.43. The van der Waals surface area contributed by atoms with Crippen molar-refractivity contribution >= 4 is 0 Å². The Morgan fingerprint density at radius 3 is 2.69 bits per heavy atom. The average Bonchev–Trinajstić information content (AvgIpc) is 2.15. The van der Waals surface area contributed by atoms with Crippen LogP contribution in [0.2, 0.25) is 0 Å². The van der Waals surface area contributed by atoms with Crippen LogP contribution < -0.4 is 0 Å². The minimum atomic E-state index is -0.515. The third-order valence-electron chi connectivity index (χ3n) is 5.16. The van der Waals surface area contributed by atoms with E-state index in [2.05, 4.69) is 13.5 Å². The summed E-state index contributed by atoms with van der Waals surface area (Å²) in [6.45, 7) is 10.6. The average molecular weight is 222 g/mol. The fraction of sp³-hybridized carbons (Fsp3) is 0.867. The number of rotatable bonds is 1. The highest BCUT2D eigenvalue weighted by Crippen LogP contribution is 2.54. The van der Waals surface area contributed by atoms with Gasteiger partial charge in [0.15, 0.2) is 0 Å². The predicted molar refractivity (Wildman–Crippen MR) is 68.2 cm³/mol. The molecule has 16 heavy (non-hydrogen) atoms. The Labute approximate surface area is 99.9 Å². The van der Waals surface area contributed by atoms with Crippen molar-refractivity contribution in [3.63, 3.8) is 0 Å². The first kappa shape index (κ1) is 12.2. The molecule has 0 aromatic carbocycles. The summed E-state index contributed by atoms with van der Waals surface area (Å²) in [5.74, 6) is 1.12. The largest absolute Gasteiger partial charge is 0.390 e. The van der Waals surface area contributed by atoms with E-state index in [9.17, 15) is 5.11 Å². The normalized spacial score (nSPS) is 40.6. The van der Waals surface area contributed by atoms with Crippen molar-refractivity contribution in [3.05, 3.63) is 12.2 Å². The molecule has 0 aromatic heterocycles. The van der Waals surface area contributed by atoms with Gasteiger partial charge in [0.1, 0.15) is 0 Å². The van der Waals surface area contributed by atoms with Gasteiger partial charge in [-0.05, 0) is 69.6 Å². The molecule has 0 saturated heterocycles. The van der Waals surface area contributed by atoms with Gasteiger partial charge in [-0.2, -0.15) is 0 Å². The van der Waals surface area contributed by atoms with E-state index in [1.165, 1.54) is 37.7 Å². The standard InChI is InChI=1S/C15H26O/c1-11-6-5-8-15(4)9-7-12(10-13(11)15)14(2,3)16/h12-13,16H,1,5-10H2,2-4H3/t12-,13-,15-/m0/s1. The zero-order chi connectivity index (χ0) is 12.0. The molecule has 0 aromatic rings. The third kappa shape index (κ3) is 2.07. The van der Waals surface area contributed by atoms with Crippen molar-refractivity contribution in [2.75, 3.05) is 0 Å². The topological polar surface area (TPSA) is 20.2 Å². The van der Waals surface area contributed by atoms with Gasteiger partial charge in [0, 0.05) is 0 Å². The molecule has 0 amide bonds. The van der Waals surface area contributed by atoms with Crippen LogP contribution in [0.1, 0.15) is 59.3 Å². The molecule has 0 bridgehead atoms. The second-order valence-electron chi connectivity index (χ2n) is 6.84. The molecule has 0 spiro atoms. The van der Waals surface area contributed by atoms with Crippen LogP contribution in [-0.2, 0) is 0 Å². The Hall–Kier alpha value is -0.300. The van der Waals surface area contributed by atoms with Crippen LogP contribution in [0.3, 0.4) is 0 Å². The molecular formula is C15H26O. The molecule has 0 unspecified atom stereocenters. The Morgan fingerprint density at radius 1 is 1.38 bits per heavy atom. The molecule has 0 radical (unpaired) electrons. The summed E-state index contributed by atoms with van der Waals surface area (Å²) in [6.07, 6.45) is 7.49. The van der Waals surface area contributed by atoms with Crippen molar-refractivity contribution in [3.8, 4) is 0 Å². The zero-order valence-corrected chi connectivity index (χ0v) is 11.1. The SMILES string of the molecule is C=C1CCC[C@@]2(C)CC[C@H](C(C)(C)O)C[C@@H]12. The summed E-state index contributed by atoms with van der Waals surface area (Å²) in [6, 6.07) is 0. The fourth-order valence-corrected chi connectivity index (χ4v) is 3.86. The Kier molecular flexibility index (Phi) is 2.94. The highest BCUT2D eigenvalue weighted by molar-refractivity contribution is 5.13. The molecule has 92 valence electrons. The van der Waals surface area contributed by atoms with E-state index in [0.717, 1.165) is 6.42 Å².